The van der Waals surface area contributed by atoms with E-state index in [0.717, 1.165) is 12.1 Å². The molecule has 0 fully saturated rings. The van der Waals surface area contributed by atoms with Crippen molar-refractivity contribution in [1.82, 2.24) is 0 Å². The Bertz CT molecular complexity index is 332. The van der Waals surface area contributed by atoms with Gasteiger partial charge in [-0.2, -0.15) is 0 Å². The molecule has 0 bridgehead atoms. The van der Waals surface area contributed by atoms with Crippen LogP contribution in [0.2, 0.25) is 6.04 Å². The van der Waals surface area contributed by atoms with Crippen molar-refractivity contribution >= 4 is 13.7 Å². The molecule has 0 heterocycles. The molecular weight excluding hydrogens is 218 g/mol. The molecular formula is C10H14F2O2Si. The molecule has 0 aliphatic carbocycles. The summed E-state index contributed by atoms with van der Waals surface area (Å²) in [4.78, 5) is 0. The lowest BCUT2D eigenvalue weighted by atomic mass is 10.3. The lowest BCUT2D eigenvalue weighted by Gasteiger charge is -2.26. The molecule has 0 aromatic heterocycles. The highest BCUT2D eigenvalue weighted by molar-refractivity contribution is 6.80. The molecule has 0 radical (unpaired) electrons. The van der Waals surface area contributed by atoms with Crippen LogP contribution in [-0.2, 0) is 8.85 Å². The van der Waals surface area contributed by atoms with Gasteiger partial charge >= 0.3 is 8.56 Å². The Morgan fingerprint density at radius 2 is 1.73 bits per heavy atom. The van der Waals surface area contributed by atoms with Crippen molar-refractivity contribution < 1.29 is 17.6 Å². The van der Waals surface area contributed by atoms with Gasteiger partial charge < -0.3 is 8.85 Å². The molecule has 2 nitrogen and oxygen atoms in total. The van der Waals surface area contributed by atoms with Gasteiger partial charge in [0.15, 0.2) is 11.6 Å². The second kappa shape index (κ2) is 4.83. The first-order chi connectivity index (χ1) is 7.09. The van der Waals surface area contributed by atoms with E-state index in [-0.39, 0.29) is 0 Å². The van der Waals surface area contributed by atoms with Gasteiger partial charge in [0.25, 0.3) is 0 Å². The van der Waals surface area contributed by atoms with Crippen molar-refractivity contribution in [2.24, 2.45) is 0 Å². The molecule has 84 valence electrons. The van der Waals surface area contributed by atoms with Gasteiger partial charge in [-0.3, -0.25) is 0 Å². The summed E-state index contributed by atoms with van der Waals surface area (Å²) in [5, 5.41) is 0.605. The summed E-state index contributed by atoms with van der Waals surface area (Å²) in [6, 6.07) is 4.41. The lowest BCUT2D eigenvalue weighted by molar-refractivity contribution is 0.258. The van der Waals surface area contributed by atoms with Crippen molar-refractivity contribution in [1.29, 1.82) is 0 Å². The van der Waals surface area contributed by atoms with Crippen LogP contribution in [0.4, 0.5) is 8.78 Å². The second-order valence-corrected chi connectivity index (χ2v) is 6.75. The van der Waals surface area contributed by atoms with Crippen molar-refractivity contribution in [2.45, 2.75) is 13.0 Å². The smallest absolute Gasteiger partial charge is 0.371 e. The predicted molar refractivity (Wildman–Crippen MR) is 56.2 cm³/mol. The van der Waals surface area contributed by atoms with Gasteiger partial charge in [0, 0.05) is 14.2 Å². The standard InChI is InChI=1S/C10H14F2O2Si/c1-4-15(13-2,14-3)8-5-6-9(11)10(12)7-8/h5-7H,4H2,1-3H3. The molecule has 1 rings (SSSR count). The van der Waals surface area contributed by atoms with E-state index in [0.29, 0.717) is 11.2 Å². The van der Waals surface area contributed by atoms with E-state index in [1.54, 1.807) is 0 Å². The van der Waals surface area contributed by atoms with Gasteiger partial charge in [0.2, 0.25) is 0 Å². The van der Waals surface area contributed by atoms with Crippen LogP contribution in [0.25, 0.3) is 0 Å². The third-order valence-electron chi connectivity index (χ3n) is 2.48. The zero-order valence-corrected chi connectivity index (χ0v) is 10.0. The minimum Gasteiger partial charge on any atom is -0.394 e. The normalized spacial score (nSPS) is 11.8. The van der Waals surface area contributed by atoms with Gasteiger partial charge in [-0.1, -0.05) is 13.0 Å². The summed E-state index contributed by atoms with van der Waals surface area (Å²) in [5.41, 5.74) is 0. The summed E-state index contributed by atoms with van der Waals surface area (Å²) >= 11 is 0. The van der Waals surface area contributed by atoms with Gasteiger partial charge in [-0.15, -0.1) is 0 Å². The van der Waals surface area contributed by atoms with Crippen LogP contribution in [0, 0.1) is 11.6 Å². The van der Waals surface area contributed by atoms with E-state index in [1.165, 1.54) is 20.3 Å². The van der Waals surface area contributed by atoms with Crippen molar-refractivity contribution in [3.05, 3.63) is 29.8 Å². The van der Waals surface area contributed by atoms with Crippen molar-refractivity contribution in [3.63, 3.8) is 0 Å². The molecule has 0 aliphatic rings. The van der Waals surface area contributed by atoms with Crippen molar-refractivity contribution in [2.75, 3.05) is 14.2 Å². The Balaban J connectivity index is 3.17. The highest BCUT2D eigenvalue weighted by Crippen LogP contribution is 2.13. The quantitative estimate of drug-likeness (QED) is 0.738. The molecule has 0 unspecified atom stereocenters. The van der Waals surface area contributed by atoms with E-state index < -0.39 is 20.2 Å². The first-order valence-corrected chi connectivity index (χ1v) is 6.68. The average molecular weight is 232 g/mol. The van der Waals surface area contributed by atoms with Crippen LogP contribution in [0.5, 0.6) is 0 Å². The highest BCUT2D eigenvalue weighted by atomic mass is 28.4. The van der Waals surface area contributed by atoms with Crippen LogP contribution < -0.4 is 5.19 Å². The third-order valence-corrected chi connectivity index (χ3v) is 5.92. The van der Waals surface area contributed by atoms with Crippen LogP contribution >= 0.6 is 0 Å². The zero-order valence-electron chi connectivity index (χ0n) is 9.01. The lowest BCUT2D eigenvalue weighted by Crippen LogP contribution is -2.51. The largest absolute Gasteiger partial charge is 0.394 e. The molecule has 0 spiro atoms. The van der Waals surface area contributed by atoms with Gasteiger partial charge in [0.1, 0.15) is 0 Å². The number of benzene rings is 1. The maximum atomic E-state index is 13.1. The Labute approximate surface area is 89.1 Å². The SMILES string of the molecule is CC[Si](OC)(OC)c1ccc(F)c(F)c1. The van der Waals surface area contributed by atoms with E-state index in [2.05, 4.69) is 0 Å². The maximum absolute atomic E-state index is 13.1. The van der Waals surface area contributed by atoms with Gasteiger partial charge in [-0.25, -0.2) is 8.78 Å². The Hall–Kier alpha value is -0.783. The van der Waals surface area contributed by atoms with Crippen LogP contribution in [0.15, 0.2) is 18.2 Å². The van der Waals surface area contributed by atoms with E-state index in [9.17, 15) is 8.78 Å². The molecule has 0 aliphatic heterocycles. The topological polar surface area (TPSA) is 18.5 Å². The average Bonchev–Trinajstić information content (AvgIpc) is 2.26. The fourth-order valence-electron chi connectivity index (χ4n) is 1.54. The maximum Gasteiger partial charge on any atom is 0.371 e. The second-order valence-electron chi connectivity index (χ2n) is 3.14. The zero-order chi connectivity index (χ0) is 11.5. The highest BCUT2D eigenvalue weighted by Gasteiger charge is 2.36. The van der Waals surface area contributed by atoms with Crippen LogP contribution in [-0.4, -0.2) is 22.8 Å². The fraction of sp³-hybridized carbons (Fsp3) is 0.400. The van der Waals surface area contributed by atoms with Crippen molar-refractivity contribution in [3.8, 4) is 0 Å². The van der Waals surface area contributed by atoms with E-state index >= 15 is 0 Å². The Morgan fingerprint density at radius 3 is 2.13 bits per heavy atom. The van der Waals surface area contributed by atoms with Crippen LogP contribution in [0.3, 0.4) is 0 Å². The minimum atomic E-state index is -2.55. The predicted octanol–water partition coefficient (Wildman–Crippen LogP) is 1.93. The summed E-state index contributed by atoms with van der Waals surface area (Å²) in [7, 11) is 0.502. The number of hydrogen-bond donors (Lipinski definition) is 0. The molecule has 0 N–H and O–H groups in total. The molecule has 15 heavy (non-hydrogen) atoms. The summed E-state index contributed by atoms with van der Waals surface area (Å²) in [6.45, 7) is 1.90. The summed E-state index contributed by atoms with van der Waals surface area (Å²) < 4.78 is 36.5. The monoisotopic (exact) mass is 232 g/mol. The summed E-state index contributed by atoms with van der Waals surface area (Å²) in [6.07, 6.45) is 0. The van der Waals surface area contributed by atoms with E-state index in [4.69, 9.17) is 8.85 Å². The number of halogens is 2. The molecule has 0 saturated carbocycles. The molecule has 0 saturated heterocycles. The van der Waals surface area contributed by atoms with Gasteiger partial charge in [0.05, 0.1) is 0 Å². The molecule has 0 amide bonds. The molecule has 5 heteroatoms. The third kappa shape index (κ3) is 2.24. The Kier molecular flexibility index (Phi) is 3.95. The first kappa shape index (κ1) is 12.3. The fourth-order valence-corrected chi connectivity index (χ4v) is 3.85. The Morgan fingerprint density at radius 1 is 1.13 bits per heavy atom. The molecule has 1 aromatic rings. The number of rotatable bonds is 4. The number of hydrogen-bond acceptors (Lipinski definition) is 2. The molecule has 1 aromatic carbocycles. The molecule has 0 atom stereocenters. The van der Waals surface area contributed by atoms with E-state index in [1.807, 2.05) is 6.92 Å². The summed E-state index contributed by atoms with van der Waals surface area (Å²) in [5.74, 6) is -1.73. The minimum absolute atomic E-state index is 0.605. The van der Waals surface area contributed by atoms with Crippen LogP contribution in [0.1, 0.15) is 6.92 Å². The first-order valence-electron chi connectivity index (χ1n) is 4.65. The van der Waals surface area contributed by atoms with Gasteiger partial charge in [-0.05, 0) is 23.4 Å².